The molecule has 0 radical (unpaired) electrons. The molecular formula is C19H20ClN7. The molecule has 0 unspecified atom stereocenters. The lowest BCUT2D eigenvalue weighted by Crippen LogP contribution is -2.22. The van der Waals surface area contributed by atoms with Gasteiger partial charge in [0.2, 0.25) is 5.82 Å². The van der Waals surface area contributed by atoms with Crippen LogP contribution < -0.4 is 5.32 Å². The number of likely N-dealkylation sites (tertiary alicyclic amines) is 1. The maximum absolute atomic E-state index is 9.32. The third kappa shape index (κ3) is 3.87. The van der Waals surface area contributed by atoms with Gasteiger partial charge >= 0.3 is 0 Å². The van der Waals surface area contributed by atoms with E-state index in [0.717, 1.165) is 25.2 Å². The Labute approximate surface area is 162 Å². The van der Waals surface area contributed by atoms with Gasteiger partial charge in [-0.2, -0.15) is 15.2 Å². The zero-order chi connectivity index (χ0) is 18.6. The van der Waals surface area contributed by atoms with Crippen molar-refractivity contribution < 1.29 is 0 Å². The lowest BCUT2D eigenvalue weighted by molar-refractivity contribution is 0.337. The fourth-order valence-electron chi connectivity index (χ4n) is 3.38. The van der Waals surface area contributed by atoms with Gasteiger partial charge in [0, 0.05) is 17.3 Å². The Morgan fingerprint density at radius 3 is 2.67 bits per heavy atom. The second kappa shape index (κ2) is 7.91. The molecule has 0 bridgehead atoms. The second-order valence-electron chi connectivity index (χ2n) is 6.60. The molecule has 1 aromatic carbocycles. The molecule has 0 amide bonds. The Morgan fingerprint density at radius 1 is 1.15 bits per heavy atom. The fraction of sp³-hybridized carbons (Fsp3) is 0.368. The smallest absolute Gasteiger partial charge is 0.236 e. The maximum Gasteiger partial charge on any atom is 0.236 e. The number of hydrogen-bond donors (Lipinski definition) is 1. The van der Waals surface area contributed by atoms with Crippen molar-refractivity contribution in [2.24, 2.45) is 0 Å². The van der Waals surface area contributed by atoms with Gasteiger partial charge < -0.3 is 10.2 Å². The quantitative estimate of drug-likeness (QED) is 0.660. The number of imidazole rings is 1. The molecule has 1 saturated heterocycles. The van der Waals surface area contributed by atoms with Gasteiger partial charge in [0.15, 0.2) is 17.0 Å². The van der Waals surface area contributed by atoms with Crippen molar-refractivity contribution in [1.29, 1.82) is 5.26 Å². The molecular weight excluding hydrogens is 362 g/mol. The van der Waals surface area contributed by atoms with Crippen molar-refractivity contribution in [3.63, 3.8) is 0 Å². The van der Waals surface area contributed by atoms with Gasteiger partial charge in [0.05, 0.1) is 0 Å². The van der Waals surface area contributed by atoms with Crippen LogP contribution in [0.5, 0.6) is 0 Å². The molecule has 3 heterocycles. The van der Waals surface area contributed by atoms with E-state index in [2.05, 4.69) is 25.2 Å². The molecule has 1 aliphatic heterocycles. The fourth-order valence-corrected chi connectivity index (χ4v) is 3.51. The summed E-state index contributed by atoms with van der Waals surface area (Å²) in [6, 6.07) is 9.44. The molecule has 1 aliphatic rings. The summed E-state index contributed by atoms with van der Waals surface area (Å²) in [6.45, 7) is 4.25. The van der Waals surface area contributed by atoms with Crippen LogP contribution in [0, 0.1) is 11.3 Å². The van der Waals surface area contributed by atoms with E-state index in [1.165, 1.54) is 25.9 Å². The number of hydrogen-bond acceptors (Lipinski definition) is 6. The van der Waals surface area contributed by atoms with Gasteiger partial charge in [-0.25, -0.2) is 4.98 Å². The van der Waals surface area contributed by atoms with Crippen molar-refractivity contribution in [2.75, 3.05) is 31.5 Å². The summed E-state index contributed by atoms with van der Waals surface area (Å²) in [5, 5.41) is 13.3. The summed E-state index contributed by atoms with van der Waals surface area (Å²) in [6.07, 6.45) is 5.31. The molecule has 0 saturated carbocycles. The highest BCUT2D eigenvalue weighted by molar-refractivity contribution is 6.30. The number of nitrogens with zero attached hydrogens (tertiary/aromatic N) is 6. The predicted molar refractivity (Wildman–Crippen MR) is 105 cm³/mol. The Morgan fingerprint density at radius 2 is 1.93 bits per heavy atom. The van der Waals surface area contributed by atoms with E-state index in [1.807, 2.05) is 34.9 Å². The van der Waals surface area contributed by atoms with Crippen molar-refractivity contribution >= 4 is 28.6 Å². The number of rotatable bonds is 6. The average molecular weight is 382 g/mol. The zero-order valence-electron chi connectivity index (χ0n) is 14.9. The van der Waals surface area contributed by atoms with Gasteiger partial charge in [0.25, 0.3) is 0 Å². The Kier molecular flexibility index (Phi) is 5.19. The summed E-state index contributed by atoms with van der Waals surface area (Å²) in [7, 11) is 0. The average Bonchev–Trinajstić information content (AvgIpc) is 3.35. The standard InChI is InChI=1S/C19H20ClN7/c20-14-4-6-15(7-5-14)27-13-23-17-18(24-16(12-21)25-19(17)27)22-8-3-11-26-9-1-2-10-26/h4-7,13H,1-3,8-11H2,(H,22,24,25). The van der Waals surface area contributed by atoms with E-state index in [9.17, 15) is 5.26 Å². The summed E-state index contributed by atoms with van der Waals surface area (Å²) in [4.78, 5) is 15.6. The lowest BCUT2D eigenvalue weighted by atomic mass is 10.3. The normalized spacial score (nSPS) is 14.5. The van der Waals surface area contributed by atoms with Gasteiger partial charge in [-0.15, -0.1) is 0 Å². The largest absolute Gasteiger partial charge is 0.368 e. The highest BCUT2D eigenvalue weighted by Crippen LogP contribution is 2.23. The first-order valence-electron chi connectivity index (χ1n) is 9.12. The third-order valence-electron chi connectivity index (χ3n) is 4.74. The topological polar surface area (TPSA) is 82.7 Å². The minimum absolute atomic E-state index is 0.125. The van der Waals surface area contributed by atoms with E-state index < -0.39 is 0 Å². The first kappa shape index (κ1) is 17.7. The van der Waals surface area contributed by atoms with E-state index in [0.29, 0.717) is 22.0 Å². The number of benzene rings is 1. The lowest BCUT2D eigenvalue weighted by Gasteiger charge is -2.14. The summed E-state index contributed by atoms with van der Waals surface area (Å²) in [5.74, 6) is 0.728. The van der Waals surface area contributed by atoms with Gasteiger partial charge in [-0.1, -0.05) is 11.6 Å². The minimum Gasteiger partial charge on any atom is -0.368 e. The van der Waals surface area contributed by atoms with Crippen LogP contribution in [0.4, 0.5) is 5.82 Å². The number of fused-ring (bicyclic) bond motifs is 1. The maximum atomic E-state index is 9.32. The molecule has 0 spiro atoms. The molecule has 3 aromatic rings. The number of aromatic nitrogens is 4. The first-order chi connectivity index (χ1) is 13.2. The van der Waals surface area contributed by atoms with Crippen LogP contribution in [-0.2, 0) is 0 Å². The van der Waals surface area contributed by atoms with E-state index in [1.54, 1.807) is 6.33 Å². The van der Waals surface area contributed by atoms with Gasteiger partial charge in [-0.3, -0.25) is 4.57 Å². The Balaban J connectivity index is 1.57. The predicted octanol–water partition coefficient (Wildman–Crippen LogP) is 3.24. The van der Waals surface area contributed by atoms with Crippen molar-refractivity contribution in [1.82, 2.24) is 24.4 Å². The zero-order valence-corrected chi connectivity index (χ0v) is 15.7. The highest BCUT2D eigenvalue weighted by Gasteiger charge is 2.15. The molecule has 27 heavy (non-hydrogen) atoms. The molecule has 1 fully saturated rings. The van der Waals surface area contributed by atoms with Gasteiger partial charge in [-0.05, 0) is 63.2 Å². The van der Waals surface area contributed by atoms with Crippen molar-refractivity contribution in [3.8, 4) is 11.8 Å². The number of nitrogens with one attached hydrogen (secondary N) is 1. The van der Waals surface area contributed by atoms with Crippen molar-refractivity contribution in [2.45, 2.75) is 19.3 Å². The molecule has 1 N–H and O–H groups in total. The highest BCUT2D eigenvalue weighted by atomic mass is 35.5. The summed E-state index contributed by atoms with van der Waals surface area (Å²) >= 11 is 5.98. The van der Waals surface area contributed by atoms with Crippen LogP contribution in [0.1, 0.15) is 25.1 Å². The number of halogens is 1. The van der Waals surface area contributed by atoms with E-state index in [-0.39, 0.29) is 5.82 Å². The van der Waals surface area contributed by atoms with Gasteiger partial charge in [0.1, 0.15) is 12.4 Å². The molecule has 8 heteroatoms. The summed E-state index contributed by atoms with van der Waals surface area (Å²) < 4.78 is 1.84. The van der Waals surface area contributed by atoms with Crippen LogP contribution in [0.15, 0.2) is 30.6 Å². The van der Waals surface area contributed by atoms with Crippen LogP contribution >= 0.6 is 11.6 Å². The Bertz CT molecular complexity index is 968. The molecule has 0 atom stereocenters. The monoisotopic (exact) mass is 381 g/mol. The molecule has 7 nitrogen and oxygen atoms in total. The van der Waals surface area contributed by atoms with Crippen LogP contribution in [-0.4, -0.2) is 50.6 Å². The molecule has 138 valence electrons. The number of anilines is 1. The van der Waals surface area contributed by atoms with Crippen LogP contribution in [0.25, 0.3) is 16.9 Å². The van der Waals surface area contributed by atoms with Crippen LogP contribution in [0.3, 0.4) is 0 Å². The first-order valence-corrected chi connectivity index (χ1v) is 9.50. The number of nitriles is 1. The van der Waals surface area contributed by atoms with E-state index in [4.69, 9.17) is 11.6 Å². The summed E-state index contributed by atoms with van der Waals surface area (Å²) in [5.41, 5.74) is 2.14. The Hall–Kier alpha value is -2.69. The minimum atomic E-state index is 0.125. The SMILES string of the molecule is N#Cc1nc(NCCCN2CCCC2)c2ncn(-c3ccc(Cl)cc3)c2n1. The van der Waals surface area contributed by atoms with Crippen molar-refractivity contribution in [3.05, 3.63) is 41.4 Å². The molecule has 2 aromatic heterocycles. The second-order valence-corrected chi connectivity index (χ2v) is 7.04. The molecule has 4 rings (SSSR count). The van der Waals surface area contributed by atoms with Crippen LogP contribution in [0.2, 0.25) is 5.02 Å². The third-order valence-corrected chi connectivity index (χ3v) is 5.00. The van der Waals surface area contributed by atoms with E-state index >= 15 is 0 Å². The molecule has 0 aliphatic carbocycles.